The van der Waals surface area contributed by atoms with Crippen LogP contribution >= 0.6 is 0 Å². The van der Waals surface area contributed by atoms with Gasteiger partial charge < -0.3 is 0 Å². The number of rotatable bonds is 3. The molecule has 0 radical (unpaired) electrons. The Morgan fingerprint density at radius 1 is 1.21 bits per heavy atom. The molecule has 4 heteroatoms. The van der Waals surface area contributed by atoms with Crippen LogP contribution in [-0.4, -0.2) is 19.3 Å². The number of hydrogen-bond donors (Lipinski definition) is 0. The Hall–Kier alpha value is -1.55. The molecule has 1 aromatic carbocycles. The fourth-order valence-corrected chi connectivity index (χ4v) is 3.69. The minimum atomic E-state index is -3.47. The van der Waals surface area contributed by atoms with Crippen LogP contribution in [0.1, 0.15) is 24.8 Å². The van der Waals surface area contributed by atoms with Crippen LogP contribution in [0.4, 0.5) is 0 Å². The van der Waals surface area contributed by atoms with Crippen LogP contribution in [-0.2, 0) is 10.0 Å². The van der Waals surface area contributed by atoms with E-state index in [1.807, 2.05) is 25.1 Å². The molecule has 1 aromatic rings. The van der Waals surface area contributed by atoms with Crippen molar-refractivity contribution in [1.29, 1.82) is 0 Å². The summed E-state index contributed by atoms with van der Waals surface area (Å²) in [6, 6.07) is 6.97. The molecule has 0 amide bonds. The van der Waals surface area contributed by atoms with Gasteiger partial charge in [-0.05, 0) is 44.4 Å². The molecule has 2 rings (SSSR count). The number of allylic oxidation sites excluding steroid dienone is 2. The van der Waals surface area contributed by atoms with E-state index in [0.29, 0.717) is 17.1 Å². The fraction of sp³-hybridized carbons (Fsp3) is 0.333. The average molecular weight is 277 g/mol. The standard InChI is InChI=1S/C15H19NO2S/c1-3-14-7-5-4-6-12-16(14)19(17,18)15-10-8-13(2)9-11-15/h3,7-11H,1,4-6,12H2,2H3. The Labute approximate surface area is 115 Å². The van der Waals surface area contributed by atoms with E-state index in [1.165, 1.54) is 4.31 Å². The second-order valence-corrected chi connectivity index (χ2v) is 6.58. The topological polar surface area (TPSA) is 37.4 Å². The van der Waals surface area contributed by atoms with E-state index in [9.17, 15) is 8.42 Å². The number of hydrogen-bond acceptors (Lipinski definition) is 2. The van der Waals surface area contributed by atoms with E-state index in [2.05, 4.69) is 6.58 Å². The summed E-state index contributed by atoms with van der Waals surface area (Å²) in [5.74, 6) is 0. The molecule has 0 saturated carbocycles. The van der Waals surface area contributed by atoms with Crippen molar-refractivity contribution in [2.75, 3.05) is 6.54 Å². The van der Waals surface area contributed by atoms with E-state index in [-0.39, 0.29) is 0 Å². The van der Waals surface area contributed by atoms with E-state index >= 15 is 0 Å². The van der Waals surface area contributed by atoms with Crippen molar-refractivity contribution in [2.24, 2.45) is 0 Å². The van der Waals surface area contributed by atoms with E-state index in [0.717, 1.165) is 24.8 Å². The highest BCUT2D eigenvalue weighted by molar-refractivity contribution is 7.89. The first-order valence-electron chi connectivity index (χ1n) is 6.48. The Balaban J connectivity index is 2.42. The first-order valence-corrected chi connectivity index (χ1v) is 7.92. The van der Waals surface area contributed by atoms with Gasteiger partial charge >= 0.3 is 0 Å². The van der Waals surface area contributed by atoms with Gasteiger partial charge in [0, 0.05) is 12.2 Å². The summed E-state index contributed by atoms with van der Waals surface area (Å²) in [4.78, 5) is 0.341. The minimum absolute atomic E-state index is 0.341. The molecule has 0 bridgehead atoms. The maximum atomic E-state index is 12.7. The molecular formula is C15H19NO2S. The molecule has 0 unspecified atom stereocenters. The molecular weight excluding hydrogens is 258 g/mol. The van der Waals surface area contributed by atoms with Gasteiger partial charge in [0.25, 0.3) is 10.0 Å². The maximum absolute atomic E-state index is 12.7. The molecule has 1 aliphatic rings. The van der Waals surface area contributed by atoms with Crippen LogP contribution in [0.2, 0.25) is 0 Å². The van der Waals surface area contributed by atoms with Gasteiger partial charge in [-0.1, -0.05) is 30.4 Å². The summed E-state index contributed by atoms with van der Waals surface area (Å²) in [7, 11) is -3.47. The van der Waals surface area contributed by atoms with Crippen molar-refractivity contribution in [1.82, 2.24) is 4.31 Å². The second-order valence-electron chi connectivity index (χ2n) is 4.72. The Bertz CT molecular complexity index is 585. The van der Waals surface area contributed by atoms with Crippen LogP contribution in [0.3, 0.4) is 0 Å². The van der Waals surface area contributed by atoms with Crippen molar-refractivity contribution in [2.45, 2.75) is 31.1 Å². The summed E-state index contributed by atoms with van der Waals surface area (Å²) in [5.41, 5.74) is 1.74. The zero-order valence-corrected chi connectivity index (χ0v) is 12.0. The first-order chi connectivity index (χ1) is 9.05. The van der Waals surface area contributed by atoms with Gasteiger partial charge in [0.2, 0.25) is 0 Å². The van der Waals surface area contributed by atoms with Crippen molar-refractivity contribution >= 4 is 10.0 Å². The van der Waals surface area contributed by atoms with Crippen molar-refractivity contribution in [3.8, 4) is 0 Å². The zero-order chi connectivity index (χ0) is 13.9. The van der Waals surface area contributed by atoms with Crippen molar-refractivity contribution in [3.63, 3.8) is 0 Å². The monoisotopic (exact) mass is 277 g/mol. The number of aryl methyl sites for hydroxylation is 1. The van der Waals surface area contributed by atoms with Crippen molar-refractivity contribution < 1.29 is 8.42 Å². The molecule has 0 atom stereocenters. The Morgan fingerprint density at radius 2 is 1.89 bits per heavy atom. The highest BCUT2D eigenvalue weighted by atomic mass is 32.2. The summed E-state index contributed by atoms with van der Waals surface area (Å²) in [5, 5.41) is 0. The van der Waals surface area contributed by atoms with Gasteiger partial charge in [-0.2, -0.15) is 0 Å². The predicted octanol–water partition coefficient (Wildman–Crippen LogP) is 3.24. The Morgan fingerprint density at radius 3 is 2.53 bits per heavy atom. The molecule has 19 heavy (non-hydrogen) atoms. The highest BCUT2D eigenvalue weighted by Crippen LogP contribution is 2.24. The SMILES string of the molecule is C=CC1=CCCCCN1S(=O)(=O)c1ccc(C)cc1. The maximum Gasteiger partial charge on any atom is 0.264 e. The van der Waals surface area contributed by atoms with Crippen LogP contribution in [0.5, 0.6) is 0 Å². The largest absolute Gasteiger partial charge is 0.267 e. The lowest BCUT2D eigenvalue weighted by molar-refractivity contribution is 0.479. The van der Waals surface area contributed by atoms with Crippen LogP contribution in [0, 0.1) is 6.92 Å². The second kappa shape index (κ2) is 5.61. The van der Waals surface area contributed by atoms with Gasteiger partial charge in [0.05, 0.1) is 4.90 Å². The molecule has 1 aliphatic heterocycles. The van der Waals surface area contributed by atoms with Gasteiger partial charge in [0.1, 0.15) is 0 Å². The summed E-state index contributed by atoms with van der Waals surface area (Å²) < 4.78 is 26.8. The lowest BCUT2D eigenvalue weighted by atomic mass is 10.2. The molecule has 0 fully saturated rings. The third-order valence-electron chi connectivity index (χ3n) is 3.27. The third kappa shape index (κ3) is 2.89. The van der Waals surface area contributed by atoms with Gasteiger partial charge in [0.15, 0.2) is 0 Å². The molecule has 0 aromatic heterocycles. The van der Waals surface area contributed by atoms with E-state index < -0.39 is 10.0 Å². The van der Waals surface area contributed by atoms with Crippen LogP contribution < -0.4 is 0 Å². The quantitative estimate of drug-likeness (QED) is 0.850. The summed E-state index contributed by atoms with van der Waals surface area (Å²) in [6.45, 7) is 6.19. The molecule has 1 heterocycles. The van der Waals surface area contributed by atoms with Gasteiger partial charge in [-0.15, -0.1) is 0 Å². The number of nitrogens with zero attached hydrogens (tertiary/aromatic N) is 1. The highest BCUT2D eigenvalue weighted by Gasteiger charge is 2.25. The molecule has 102 valence electrons. The molecule has 0 aliphatic carbocycles. The molecule has 0 N–H and O–H groups in total. The normalized spacial score (nSPS) is 16.7. The van der Waals surface area contributed by atoms with E-state index in [1.54, 1.807) is 18.2 Å². The van der Waals surface area contributed by atoms with Gasteiger partial charge in [-0.3, -0.25) is 4.31 Å². The lowest BCUT2D eigenvalue weighted by Crippen LogP contribution is -2.30. The number of sulfonamides is 1. The van der Waals surface area contributed by atoms with Crippen LogP contribution in [0.15, 0.2) is 53.6 Å². The smallest absolute Gasteiger partial charge is 0.264 e. The summed E-state index contributed by atoms with van der Waals surface area (Å²) in [6.07, 6.45) is 6.36. The molecule has 0 saturated heterocycles. The Kier molecular flexibility index (Phi) is 4.10. The molecule has 0 spiro atoms. The lowest BCUT2D eigenvalue weighted by Gasteiger charge is -2.24. The third-order valence-corrected chi connectivity index (χ3v) is 5.12. The minimum Gasteiger partial charge on any atom is -0.267 e. The summed E-state index contributed by atoms with van der Waals surface area (Å²) >= 11 is 0. The number of benzene rings is 1. The zero-order valence-electron chi connectivity index (χ0n) is 11.2. The van der Waals surface area contributed by atoms with E-state index in [4.69, 9.17) is 0 Å². The van der Waals surface area contributed by atoms with Crippen LogP contribution in [0.25, 0.3) is 0 Å². The first kappa shape index (κ1) is 13.9. The van der Waals surface area contributed by atoms with Crippen molar-refractivity contribution in [3.05, 3.63) is 54.3 Å². The molecule has 3 nitrogen and oxygen atoms in total. The van der Waals surface area contributed by atoms with Gasteiger partial charge in [-0.25, -0.2) is 8.42 Å². The average Bonchev–Trinajstić information content (AvgIpc) is 2.64. The fourth-order valence-electron chi connectivity index (χ4n) is 2.16. The predicted molar refractivity (Wildman–Crippen MR) is 77.2 cm³/mol.